The Morgan fingerprint density at radius 1 is 0.909 bits per heavy atom. The summed E-state index contributed by atoms with van der Waals surface area (Å²) in [4.78, 5) is 19.3. The van der Waals surface area contributed by atoms with Gasteiger partial charge in [-0.15, -0.1) is 5.10 Å². The lowest BCUT2D eigenvalue weighted by atomic mass is 9.91. The molecule has 1 saturated carbocycles. The largest absolute Gasteiger partial charge is 0.341 e. The van der Waals surface area contributed by atoms with Gasteiger partial charge in [-0.2, -0.15) is 0 Å². The van der Waals surface area contributed by atoms with Gasteiger partial charge in [-0.1, -0.05) is 35.5 Å². The third kappa shape index (κ3) is 4.19. The van der Waals surface area contributed by atoms with E-state index in [1.807, 2.05) is 9.80 Å². The van der Waals surface area contributed by atoms with Crippen LogP contribution < -0.4 is 4.90 Å². The van der Waals surface area contributed by atoms with Crippen LogP contribution in [0.4, 0.5) is 16.2 Å². The SMILES string of the molecule is O=C(N1CC(c2ccc(N(CC3CC3)c3ccccc3)cc2)C1)N1CC[C@H](c2cnn[nH]2)C1. The number of nitrogens with one attached hydrogen (secondary N) is 1. The first-order chi connectivity index (χ1) is 16.2. The van der Waals surface area contributed by atoms with Gasteiger partial charge in [0, 0.05) is 55.9 Å². The fourth-order valence-electron chi connectivity index (χ4n) is 5.09. The molecule has 3 heterocycles. The van der Waals surface area contributed by atoms with Crippen LogP contribution >= 0.6 is 0 Å². The predicted octanol–water partition coefficient (Wildman–Crippen LogP) is 4.36. The van der Waals surface area contributed by atoms with Crippen molar-refractivity contribution in [1.29, 1.82) is 0 Å². The topological polar surface area (TPSA) is 68.4 Å². The Morgan fingerprint density at radius 2 is 1.64 bits per heavy atom. The third-order valence-electron chi connectivity index (χ3n) is 7.37. The molecule has 3 fully saturated rings. The second kappa shape index (κ2) is 8.54. The average Bonchev–Trinajstić information content (AvgIpc) is 3.25. The van der Waals surface area contributed by atoms with Gasteiger partial charge >= 0.3 is 6.03 Å². The minimum absolute atomic E-state index is 0.164. The monoisotopic (exact) mass is 442 g/mol. The molecule has 170 valence electrons. The van der Waals surface area contributed by atoms with E-state index in [4.69, 9.17) is 0 Å². The number of aromatic nitrogens is 3. The van der Waals surface area contributed by atoms with Crippen LogP contribution in [0.3, 0.4) is 0 Å². The van der Waals surface area contributed by atoms with Crippen molar-refractivity contribution in [3.8, 4) is 0 Å². The molecule has 1 aromatic heterocycles. The van der Waals surface area contributed by atoms with Gasteiger partial charge in [-0.05, 0) is 55.0 Å². The van der Waals surface area contributed by atoms with Crippen molar-refractivity contribution >= 4 is 17.4 Å². The second-order valence-electron chi connectivity index (χ2n) is 9.71. The average molecular weight is 443 g/mol. The van der Waals surface area contributed by atoms with Gasteiger partial charge in [0.15, 0.2) is 0 Å². The smallest absolute Gasteiger partial charge is 0.320 e. The van der Waals surface area contributed by atoms with E-state index in [-0.39, 0.29) is 6.03 Å². The number of nitrogens with zero attached hydrogens (tertiary/aromatic N) is 5. The molecule has 2 saturated heterocycles. The number of carbonyl (C=O) groups excluding carboxylic acids is 1. The van der Waals surface area contributed by atoms with E-state index in [1.54, 1.807) is 6.20 Å². The molecule has 7 heteroatoms. The molecule has 2 amide bonds. The lowest BCUT2D eigenvalue weighted by Gasteiger charge is -2.41. The summed E-state index contributed by atoms with van der Waals surface area (Å²) in [6, 6.07) is 19.8. The third-order valence-corrected chi connectivity index (χ3v) is 7.37. The van der Waals surface area contributed by atoms with Crippen LogP contribution in [0.2, 0.25) is 0 Å². The summed E-state index contributed by atoms with van der Waals surface area (Å²) in [7, 11) is 0. The number of urea groups is 1. The van der Waals surface area contributed by atoms with Gasteiger partial charge in [0.05, 0.1) is 11.9 Å². The molecule has 0 bridgehead atoms. The number of para-hydroxylation sites is 1. The quantitative estimate of drug-likeness (QED) is 0.616. The highest BCUT2D eigenvalue weighted by Gasteiger charge is 2.37. The summed E-state index contributed by atoms with van der Waals surface area (Å²) < 4.78 is 0. The van der Waals surface area contributed by atoms with Crippen molar-refractivity contribution in [1.82, 2.24) is 25.2 Å². The fourth-order valence-corrected chi connectivity index (χ4v) is 5.09. The summed E-state index contributed by atoms with van der Waals surface area (Å²) in [6.45, 7) is 4.23. The maximum absolute atomic E-state index is 12.9. The minimum atomic E-state index is 0.164. The molecule has 33 heavy (non-hydrogen) atoms. The van der Waals surface area contributed by atoms with E-state index in [1.165, 1.54) is 29.8 Å². The highest BCUT2D eigenvalue weighted by Crippen LogP contribution is 2.36. The maximum Gasteiger partial charge on any atom is 0.320 e. The Hall–Kier alpha value is -3.35. The molecule has 1 atom stereocenters. The molecule has 1 aliphatic carbocycles. The molecule has 3 aromatic rings. The predicted molar refractivity (Wildman–Crippen MR) is 128 cm³/mol. The molecule has 1 N–H and O–H groups in total. The number of H-pyrrole nitrogens is 1. The number of carbonyl (C=O) groups is 1. The highest BCUT2D eigenvalue weighted by molar-refractivity contribution is 5.76. The lowest BCUT2D eigenvalue weighted by Crippen LogP contribution is -2.53. The number of anilines is 2. The summed E-state index contributed by atoms with van der Waals surface area (Å²) in [5.41, 5.74) is 4.86. The Morgan fingerprint density at radius 3 is 2.33 bits per heavy atom. The fraction of sp³-hybridized carbons (Fsp3) is 0.423. The van der Waals surface area contributed by atoms with E-state index < -0.39 is 0 Å². The van der Waals surface area contributed by atoms with Crippen molar-refractivity contribution in [2.75, 3.05) is 37.6 Å². The Kier molecular flexibility index (Phi) is 5.24. The first-order valence-corrected chi connectivity index (χ1v) is 12.1. The zero-order valence-corrected chi connectivity index (χ0v) is 18.8. The molecular weight excluding hydrogens is 412 g/mol. The number of hydrogen-bond acceptors (Lipinski definition) is 4. The van der Waals surface area contributed by atoms with Crippen LogP contribution in [0.5, 0.6) is 0 Å². The zero-order chi connectivity index (χ0) is 22.2. The van der Waals surface area contributed by atoms with E-state index in [0.29, 0.717) is 11.8 Å². The van der Waals surface area contributed by atoms with E-state index in [0.717, 1.165) is 50.8 Å². The van der Waals surface area contributed by atoms with Crippen LogP contribution in [0.1, 0.15) is 42.4 Å². The molecule has 7 nitrogen and oxygen atoms in total. The molecule has 6 rings (SSSR count). The van der Waals surface area contributed by atoms with Crippen molar-refractivity contribution in [3.63, 3.8) is 0 Å². The Balaban J connectivity index is 1.06. The molecule has 0 radical (unpaired) electrons. The van der Waals surface area contributed by atoms with Crippen LogP contribution in [0.15, 0.2) is 60.8 Å². The maximum atomic E-state index is 12.9. The summed E-state index contributed by atoms with van der Waals surface area (Å²) in [6.07, 6.45) is 5.41. The number of benzene rings is 2. The highest BCUT2D eigenvalue weighted by atomic mass is 16.2. The summed E-state index contributed by atoms with van der Waals surface area (Å²) in [5.74, 6) is 1.55. The number of amides is 2. The van der Waals surface area contributed by atoms with Gasteiger partial charge in [0.2, 0.25) is 0 Å². The zero-order valence-electron chi connectivity index (χ0n) is 18.8. The first kappa shape index (κ1) is 20.3. The Labute approximate surface area is 194 Å². The van der Waals surface area contributed by atoms with Gasteiger partial charge in [-0.3, -0.25) is 5.10 Å². The molecule has 0 spiro atoms. The van der Waals surface area contributed by atoms with Gasteiger partial charge in [0.1, 0.15) is 0 Å². The van der Waals surface area contributed by atoms with Crippen molar-refractivity contribution < 1.29 is 4.79 Å². The van der Waals surface area contributed by atoms with E-state index in [9.17, 15) is 4.79 Å². The van der Waals surface area contributed by atoms with E-state index >= 15 is 0 Å². The van der Waals surface area contributed by atoms with Crippen molar-refractivity contribution in [3.05, 3.63) is 72.1 Å². The standard InChI is InChI=1S/C26H30N6O/c33-26(30-13-12-21(16-30)25-14-27-29-28-25)31-17-22(18-31)20-8-10-24(11-9-20)32(15-19-6-7-19)23-4-2-1-3-5-23/h1-5,8-11,14,19,21-22H,6-7,12-13,15-18H2,(H,27,28,29)/t21-/m0/s1. The number of rotatable bonds is 6. The van der Waals surface area contributed by atoms with Crippen LogP contribution in [-0.4, -0.2) is 64.0 Å². The lowest BCUT2D eigenvalue weighted by molar-refractivity contribution is 0.121. The van der Waals surface area contributed by atoms with Gasteiger partial charge in [-0.25, -0.2) is 4.79 Å². The van der Waals surface area contributed by atoms with Crippen molar-refractivity contribution in [2.45, 2.75) is 31.1 Å². The second-order valence-corrected chi connectivity index (χ2v) is 9.71. The number of likely N-dealkylation sites (tertiary alicyclic amines) is 2. The van der Waals surface area contributed by atoms with E-state index in [2.05, 4.69) is 74.9 Å². The Bertz CT molecular complexity index is 1070. The molecular formula is C26H30N6O. The van der Waals surface area contributed by atoms with Crippen LogP contribution in [0.25, 0.3) is 0 Å². The number of aromatic amines is 1. The minimum Gasteiger partial charge on any atom is -0.341 e. The van der Waals surface area contributed by atoms with Gasteiger partial charge < -0.3 is 14.7 Å². The van der Waals surface area contributed by atoms with Crippen molar-refractivity contribution in [2.24, 2.45) is 5.92 Å². The normalized spacial score (nSPS) is 20.7. The summed E-state index contributed by atoms with van der Waals surface area (Å²) in [5, 5.41) is 10.6. The molecule has 2 aliphatic heterocycles. The molecule has 2 aromatic carbocycles. The first-order valence-electron chi connectivity index (χ1n) is 12.1. The van der Waals surface area contributed by atoms with Gasteiger partial charge in [0.25, 0.3) is 0 Å². The molecule has 0 unspecified atom stereocenters. The van der Waals surface area contributed by atoms with Crippen LogP contribution in [0, 0.1) is 5.92 Å². The number of hydrogen-bond donors (Lipinski definition) is 1. The molecule has 3 aliphatic rings. The summed E-state index contributed by atoms with van der Waals surface area (Å²) >= 11 is 0. The van der Waals surface area contributed by atoms with Crippen LogP contribution in [-0.2, 0) is 0 Å².